The summed E-state index contributed by atoms with van der Waals surface area (Å²) in [4.78, 5) is 23.1. The van der Waals surface area contributed by atoms with Crippen LogP contribution in [0.1, 0.15) is 29.5 Å². The molecule has 0 saturated carbocycles. The van der Waals surface area contributed by atoms with E-state index in [1.807, 2.05) is 29.7 Å². The Morgan fingerprint density at radius 1 is 1.40 bits per heavy atom. The van der Waals surface area contributed by atoms with Gasteiger partial charge in [-0.3, -0.25) is 14.5 Å². The van der Waals surface area contributed by atoms with Crippen LogP contribution in [0.2, 0.25) is 0 Å². The molecule has 0 aromatic carbocycles. The van der Waals surface area contributed by atoms with E-state index >= 15 is 0 Å². The zero-order chi connectivity index (χ0) is 17.8. The van der Waals surface area contributed by atoms with Gasteiger partial charge >= 0.3 is 0 Å². The first-order valence-electron chi connectivity index (χ1n) is 8.45. The maximum atomic E-state index is 12.6. The Kier molecular flexibility index (Phi) is 5.28. The Labute approximate surface area is 147 Å². The second-order valence-electron chi connectivity index (χ2n) is 6.12. The number of aryl methyl sites for hydroxylation is 2. The number of carbonyl (C=O) groups is 1. The number of ether oxygens (including phenoxy) is 1. The summed E-state index contributed by atoms with van der Waals surface area (Å²) < 4.78 is 7.65. The van der Waals surface area contributed by atoms with Gasteiger partial charge in [0.05, 0.1) is 19.3 Å². The van der Waals surface area contributed by atoms with Crippen LogP contribution in [-0.4, -0.2) is 57.3 Å². The highest BCUT2D eigenvalue weighted by Gasteiger charge is 2.28. The monoisotopic (exact) mass is 344 g/mol. The van der Waals surface area contributed by atoms with Gasteiger partial charge < -0.3 is 15.0 Å². The van der Waals surface area contributed by atoms with Crippen molar-refractivity contribution < 1.29 is 9.53 Å². The number of anilines is 1. The molecule has 0 bridgehead atoms. The minimum atomic E-state index is -0.256. The maximum Gasteiger partial charge on any atom is 0.223 e. The number of hydrogen-bond donors (Lipinski definition) is 1. The van der Waals surface area contributed by atoms with E-state index in [-0.39, 0.29) is 12.0 Å². The number of carbonyl (C=O) groups excluding carboxylic acids is 1. The summed E-state index contributed by atoms with van der Waals surface area (Å²) in [6.45, 7) is 3.63. The molecular weight excluding hydrogens is 320 g/mol. The number of amides is 1. The van der Waals surface area contributed by atoms with Crippen molar-refractivity contribution in [2.24, 2.45) is 7.05 Å². The van der Waals surface area contributed by atoms with Gasteiger partial charge in [-0.2, -0.15) is 5.10 Å². The quantitative estimate of drug-likeness (QED) is 0.874. The smallest absolute Gasteiger partial charge is 0.223 e. The van der Waals surface area contributed by atoms with Gasteiger partial charge in [0.2, 0.25) is 5.91 Å². The van der Waals surface area contributed by atoms with Crippen molar-refractivity contribution in [2.75, 3.05) is 32.1 Å². The molecule has 1 amide bonds. The molecule has 3 heterocycles. The number of morpholine rings is 1. The summed E-state index contributed by atoms with van der Waals surface area (Å²) in [7, 11) is 3.71. The molecule has 0 aliphatic carbocycles. The summed E-state index contributed by atoms with van der Waals surface area (Å²) in [6, 6.07) is 0. The third-order valence-electron chi connectivity index (χ3n) is 4.63. The van der Waals surface area contributed by atoms with Crippen molar-refractivity contribution in [1.82, 2.24) is 24.6 Å². The average molecular weight is 344 g/mol. The second kappa shape index (κ2) is 7.60. The van der Waals surface area contributed by atoms with Crippen molar-refractivity contribution in [2.45, 2.75) is 25.9 Å². The van der Waals surface area contributed by atoms with E-state index in [9.17, 15) is 4.79 Å². The Morgan fingerprint density at radius 3 is 2.92 bits per heavy atom. The molecule has 2 aromatic rings. The molecule has 1 fully saturated rings. The number of nitrogens with zero attached hydrogens (tertiary/aromatic N) is 5. The lowest BCUT2D eigenvalue weighted by molar-refractivity contribution is -0.139. The highest BCUT2D eigenvalue weighted by Crippen LogP contribution is 2.25. The number of aromatic nitrogens is 4. The Balaban J connectivity index is 1.62. The standard InChI is InChI=1S/C17H24N6O2/c1-12-13(10-21-22(12)3)4-5-15(24)23-8-9-25-14(11-23)16-17(18-2)20-7-6-19-16/h6-7,10,14H,4-5,8-9,11H2,1-3H3,(H,18,20)/t14-/m1/s1. The van der Waals surface area contributed by atoms with Gasteiger partial charge in [0.25, 0.3) is 0 Å². The summed E-state index contributed by atoms with van der Waals surface area (Å²) >= 11 is 0. The molecule has 1 N–H and O–H groups in total. The molecule has 2 aromatic heterocycles. The van der Waals surface area contributed by atoms with Crippen molar-refractivity contribution in [3.8, 4) is 0 Å². The van der Waals surface area contributed by atoms with Gasteiger partial charge in [-0.05, 0) is 18.9 Å². The summed E-state index contributed by atoms with van der Waals surface area (Å²) in [5.74, 6) is 0.819. The molecule has 0 spiro atoms. The van der Waals surface area contributed by atoms with Gasteiger partial charge in [-0.15, -0.1) is 0 Å². The SMILES string of the molecule is CNc1nccnc1[C@H]1CN(C(=O)CCc2cnn(C)c2C)CCO1. The first-order chi connectivity index (χ1) is 12.1. The van der Waals surface area contributed by atoms with E-state index in [4.69, 9.17) is 4.74 Å². The third kappa shape index (κ3) is 3.79. The van der Waals surface area contributed by atoms with Gasteiger partial charge in [-0.25, -0.2) is 4.98 Å². The van der Waals surface area contributed by atoms with Gasteiger partial charge in [-0.1, -0.05) is 0 Å². The predicted molar refractivity (Wildman–Crippen MR) is 93.1 cm³/mol. The molecule has 8 nitrogen and oxygen atoms in total. The molecule has 0 unspecified atom stereocenters. The van der Waals surface area contributed by atoms with Crippen LogP contribution in [0.15, 0.2) is 18.6 Å². The third-order valence-corrected chi connectivity index (χ3v) is 4.63. The molecule has 1 atom stereocenters. The Hall–Kier alpha value is -2.48. The second-order valence-corrected chi connectivity index (χ2v) is 6.12. The largest absolute Gasteiger partial charge is 0.372 e. The van der Waals surface area contributed by atoms with Crippen molar-refractivity contribution in [3.05, 3.63) is 35.5 Å². The molecule has 1 aliphatic heterocycles. The molecule has 0 radical (unpaired) electrons. The van der Waals surface area contributed by atoms with Gasteiger partial charge in [0.1, 0.15) is 17.6 Å². The highest BCUT2D eigenvalue weighted by molar-refractivity contribution is 5.76. The van der Waals surface area contributed by atoms with E-state index in [0.29, 0.717) is 38.4 Å². The van der Waals surface area contributed by atoms with E-state index in [1.54, 1.807) is 19.4 Å². The topological polar surface area (TPSA) is 85.2 Å². The van der Waals surface area contributed by atoms with Crippen molar-refractivity contribution >= 4 is 11.7 Å². The fourth-order valence-electron chi connectivity index (χ4n) is 3.01. The lowest BCUT2D eigenvalue weighted by Crippen LogP contribution is -2.42. The molecule has 1 aliphatic rings. The van der Waals surface area contributed by atoms with E-state index < -0.39 is 0 Å². The van der Waals surface area contributed by atoms with Crippen LogP contribution >= 0.6 is 0 Å². The first kappa shape index (κ1) is 17.3. The van der Waals surface area contributed by atoms with Crippen LogP contribution in [0.4, 0.5) is 5.82 Å². The summed E-state index contributed by atoms with van der Waals surface area (Å²) in [5, 5.41) is 7.25. The van der Waals surface area contributed by atoms with Crippen LogP contribution in [0, 0.1) is 6.92 Å². The van der Waals surface area contributed by atoms with Gasteiger partial charge in [0.15, 0.2) is 0 Å². The molecular formula is C17H24N6O2. The van der Waals surface area contributed by atoms with Crippen LogP contribution in [0.3, 0.4) is 0 Å². The fourth-order valence-corrected chi connectivity index (χ4v) is 3.01. The lowest BCUT2D eigenvalue weighted by Gasteiger charge is -2.33. The van der Waals surface area contributed by atoms with E-state index in [2.05, 4.69) is 20.4 Å². The minimum Gasteiger partial charge on any atom is -0.372 e. The fraction of sp³-hybridized carbons (Fsp3) is 0.529. The van der Waals surface area contributed by atoms with E-state index in [0.717, 1.165) is 17.0 Å². The lowest BCUT2D eigenvalue weighted by atomic mass is 10.1. The molecule has 1 saturated heterocycles. The normalized spacial score (nSPS) is 17.6. The first-order valence-corrected chi connectivity index (χ1v) is 8.45. The average Bonchev–Trinajstić information content (AvgIpc) is 2.98. The zero-order valence-electron chi connectivity index (χ0n) is 14.9. The Bertz CT molecular complexity index is 744. The molecule has 25 heavy (non-hydrogen) atoms. The van der Waals surface area contributed by atoms with Crippen LogP contribution in [-0.2, 0) is 23.0 Å². The molecule has 3 rings (SSSR count). The summed E-state index contributed by atoms with van der Waals surface area (Å²) in [5.41, 5.74) is 2.96. The van der Waals surface area contributed by atoms with E-state index in [1.165, 1.54) is 0 Å². The maximum absolute atomic E-state index is 12.6. The highest BCUT2D eigenvalue weighted by atomic mass is 16.5. The number of hydrogen-bond acceptors (Lipinski definition) is 6. The van der Waals surface area contributed by atoms with Crippen LogP contribution in [0.25, 0.3) is 0 Å². The number of nitrogens with one attached hydrogen (secondary N) is 1. The minimum absolute atomic E-state index is 0.131. The number of rotatable bonds is 5. The van der Waals surface area contributed by atoms with Crippen molar-refractivity contribution in [3.63, 3.8) is 0 Å². The van der Waals surface area contributed by atoms with Crippen molar-refractivity contribution in [1.29, 1.82) is 0 Å². The Morgan fingerprint density at radius 2 is 2.20 bits per heavy atom. The van der Waals surface area contributed by atoms with Crippen LogP contribution < -0.4 is 5.32 Å². The van der Waals surface area contributed by atoms with Crippen LogP contribution in [0.5, 0.6) is 0 Å². The van der Waals surface area contributed by atoms with Gasteiger partial charge in [0, 0.05) is 45.1 Å². The molecule has 8 heteroatoms. The zero-order valence-corrected chi connectivity index (χ0v) is 14.9. The predicted octanol–water partition coefficient (Wildman–Crippen LogP) is 1.09. The molecule has 134 valence electrons. The summed E-state index contributed by atoms with van der Waals surface area (Å²) in [6.07, 6.45) is 6.03.